The maximum absolute atomic E-state index is 12.2. The number of carbonyl (C=O) groups excluding carboxylic acids is 2. The number of amides is 1. The molecular formula is C19H25N3O3S. The van der Waals surface area contributed by atoms with Crippen molar-refractivity contribution in [1.29, 1.82) is 0 Å². The van der Waals surface area contributed by atoms with Gasteiger partial charge in [0, 0.05) is 11.1 Å². The van der Waals surface area contributed by atoms with Crippen LogP contribution in [0, 0.1) is 0 Å². The molecule has 0 radical (unpaired) electrons. The number of nitrogens with zero attached hydrogens (tertiary/aromatic N) is 2. The molecule has 1 amide bonds. The molecule has 2 aromatic rings. The summed E-state index contributed by atoms with van der Waals surface area (Å²) in [6.07, 6.45) is 7.73. The fourth-order valence-electron chi connectivity index (χ4n) is 2.88. The van der Waals surface area contributed by atoms with Gasteiger partial charge in [0.2, 0.25) is 0 Å². The molecule has 1 aliphatic rings. The van der Waals surface area contributed by atoms with Crippen LogP contribution < -0.4 is 5.32 Å². The van der Waals surface area contributed by atoms with Crippen LogP contribution in [0.4, 0.5) is 0 Å². The lowest BCUT2D eigenvalue weighted by Crippen LogP contribution is -2.27. The van der Waals surface area contributed by atoms with Crippen molar-refractivity contribution in [3.8, 4) is 0 Å². The van der Waals surface area contributed by atoms with Crippen LogP contribution >= 0.6 is 11.3 Å². The van der Waals surface area contributed by atoms with E-state index in [1.165, 1.54) is 29.5 Å². The number of aromatic nitrogens is 2. The molecule has 0 atom stereocenters. The standard InChI is InChI=1S/C19H25N3O3S/c1-19(2,3)22-12-14(11-21-22)18(24)25-9-8-20-17(23)16-10-13-6-4-5-7-15(13)26-16/h10-12H,4-9H2,1-3H3,(H,20,23). The zero-order valence-electron chi connectivity index (χ0n) is 15.5. The molecule has 0 fully saturated rings. The van der Waals surface area contributed by atoms with Gasteiger partial charge in [0.25, 0.3) is 5.91 Å². The summed E-state index contributed by atoms with van der Waals surface area (Å²) < 4.78 is 6.94. The summed E-state index contributed by atoms with van der Waals surface area (Å²) in [4.78, 5) is 26.4. The fraction of sp³-hybridized carbons (Fsp3) is 0.526. The molecule has 1 aliphatic carbocycles. The van der Waals surface area contributed by atoms with Crippen molar-refractivity contribution < 1.29 is 14.3 Å². The van der Waals surface area contributed by atoms with Gasteiger partial charge in [0.05, 0.1) is 28.7 Å². The fourth-order valence-corrected chi connectivity index (χ4v) is 4.05. The van der Waals surface area contributed by atoms with Gasteiger partial charge in [-0.05, 0) is 58.1 Å². The summed E-state index contributed by atoms with van der Waals surface area (Å²) in [5.41, 5.74) is 1.54. The van der Waals surface area contributed by atoms with Gasteiger partial charge in [-0.15, -0.1) is 11.3 Å². The van der Waals surface area contributed by atoms with E-state index in [9.17, 15) is 9.59 Å². The highest BCUT2D eigenvalue weighted by molar-refractivity contribution is 7.14. The molecule has 140 valence electrons. The Morgan fingerprint density at radius 1 is 1.31 bits per heavy atom. The highest BCUT2D eigenvalue weighted by Gasteiger charge is 2.19. The molecule has 7 heteroatoms. The zero-order chi connectivity index (χ0) is 18.7. The quantitative estimate of drug-likeness (QED) is 0.643. The Morgan fingerprint density at radius 2 is 2.08 bits per heavy atom. The van der Waals surface area contributed by atoms with E-state index in [2.05, 4.69) is 10.4 Å². The van der Waals surface area contributed by atoms with Crippen LogP contribution in [0.3, 0.4) is 0 Å². The van der Waals surface area contributed by atoms with Gasteiger partial charge in [-0.2, -0.15) is 5.10 Å². The first-order chi connectivity index (χ1) is 12.3. The second-order valence-corrected chi connectivity index (χ2v) is 8.64. The van der Waals surface area contributed by atoms with Gasteiger partial charge in [0.15, 0.2) is 0 Å². The number of carbonyl (C=O) groups is 2. The summed E-state index contributed by atoms with van der Waals surface area (Å²) >= 11 is 1.58. The van der Waals surface area contributed by atoms with Crippen molar-refractivity contribution in [2.24, 2.45) is 0 Å². The Morgan fingerprint density at radius 3 is 2.77 bits per heavy atom. The number of aryl methyl sites for hydroxylation is 2. The van der Waals surface area contributed by atoms with E-state index in [4.69, 9.17) is 4.74 Å². The summed E-state index contributed by atoms with van der Waals surface area (Å²) in [5.74, 6) is -0.526. The number of nitrogens with one attached hydrogen (secondary N) is 1. The topological polar surface area (TPSA) is 73.2 Å². The lowest BCUT2D eigenvalue weighted by atomic mass is 9.99. The van der Waals surface area contributed by atoms with Crippen LogP contribution in [0.25, 0.3) is 0 Å². The van der Waals surface area contributed by atoms with Crippen LogP contribution in [0.5, 0.6) is 0 Å². The van der Waals surface area contributed by atoms with E-state index in [1.54, 1.807) is 22.2 Å². The minimum atomic E-state index is -0.429. The van der Waals surface area contributed by atoms with Crippen molar-refractivity contribution in [2.45, 2.75) is 52.0 Å². The minimum absolute atomic E-state index is 0.0963. The summed E-state index contributed by atoms with van der Waals surface area (Å²) in [5, 5.41) is 7.00. The summed E-state index contributed by atoms with van der Waals surface area (Å²) in [6, 6.07) is 2.00. The third kappa shape index (κ3) is 4.33. The average molecular weight is 375 g/mol. The van der Waals surface area contributed by atoms with Gasteiger partial charge in [-0.1, -0.05) is 0 Å². The van der Waals surface area contributed by atoms with Crippen molar-refractivity contribution in [3.63, 3.8) is 0 Å². The van der Waals surface area contributed by atoms with Crippen LogP contribution in [0.1, 0.15) is 64.1 Å². The van der Waals surface area contributed by atoms with E-state index >= 15 is 0 Å². The Bertz CT molecular complexity index is 778. The van der Waals surface area contributed by atoms with Crippen LogP contribution in [0.15, 0.2) is 18.5 Å². The number of esters is 1. The highest BCUT2D eigenvalue weighted by Crippen LogP contribution is 2.29. The monoisotopic (exact) mass is 375 g/mol. The molecule has 2 aromatic heterocycles. The lowest BCUT2D eigenvalue weighted by molar-refractivity contribution is 0.0503. The Balaban J connectivity index is 1.45. The van der Waals surface area contributed by atoms with E-state index in [-0.39, 0.29) is 18.1 Å². The highest BCUT2D eigenvalue weighted by atomic mass is 32.1. The smallest absolute Gasteiger partial charge is 0.341 e. The zero-order valence-corrected chi connectivity index (χ0v) is 16.3. The van der Waals surface area contributed by atoms with E-state index < -0.39 is 5.97 Å². The van der Waals surface area contributed by atoms with Crippen LogP contribution in [-0.2, 0) is 23.1 Å². The molecule has 6 nitrogen and oxygen atoms in total. The number of fused-ring (bicyclic) bond motifs is 1. The molecule has 0 saturated heterocycles. The Kier molecular flexibility index (Phi) is 5.46. The minimum Gasteiger partial charge on any atom is -0.460 e. The van der Waals surface area contributed by atoms with Crippen molar-refractivity contribution in [1.82, 2.24) is 15.1 Å². The number of thiophene rings is 1. The van der Waals surface area contributed by atoms with Crippen LogP contribution in [0.2, 0.25) is 0 Å². The summed E-state index contributed by atoms with van der Waals surface area (Å²) in [7, 11) is 0. The summed E-state index contributed by atoms with van der Waals surface area (Å²) in [6.45, 7) is 6.45. The molecule has 0 saturated carbocycles. The first-order valence-electron chi connectivity index (χ1n) is 8.96. The second kappa shape index (κ2) is 7.61. The predicted octanol–water partition coefficient (Wildman–Crippen LogP) is 3.17. The van der Waals surface area contributed by atoms with E-state index in [0.717, 1.165) is 17.7 Å². The molecule has 26 heavy (non-hydrogen) atoms. The molecule has 3 rings (SSSR count). The normalized spacial score (nSPS) is 14.0. The Hall–Kier alpha value is -2.15. The van der Waals surface area contributed by atoms with Gasteiger partial charge in [-0.3, -0.25) is 9.48 Å². The van der Waals surface area contributed by atoms with Crippen LogP contribution in [-0.4, -0.2) is 34.8 Å². The molecule has 0 aliphatic heterocycles. The van der Waals surface area contributed by atoms with Crippen molar-refractivity contribution >= 4 is 23.2 Å². The molecule has 0 bridgehead atoms. The van der Waals surface area contributed by atoms with Gasteiger partial charge >= 0.3 is 5.97 Å². The molecule has 0 unspecified atom stereocenters. The first-order valence-corrected chi connectivity index (χ1v) is 9.78. The third-order valence-electron chi connectivity index (χ3n) is 4.35. The first kappa shape index (κ1) is 18.6. The maximum Gasteiger partial charge on any atom is 0.341 e. The molecular weight excluding hydrogens is 350 g/mol. The number of hydrogen-bond acceptors (Lipinski definition) is 5. The van der Waals surface area contributed by atoms with Gasteiger partial charge in [-0.25, -0.2) is 4.79 Å². The molecule has 0 spiro atoms. The van der Waals surface area contributed by atoms with E-state index in [1.807, 2.05) is 26.8 Å². The SMILES string of the molecule is CC(C)(C)n1cc(C(=O)OCCNC(=O)c2cc3c(s2)CCCC3)cn1. The second-order valence-electron chi connectivity index (χ2n) is 7.50. The largest absolute Gasteiger partial charge is 0.460 e. The van der Waals surface area contributed by atoms with E-state index in [0.29, 0.717) is 12.1 Å². The van der Waals surface area contributed by atoms with Crippen molar-refractivity contribution in [2.75, 3.05) is 13.2 Å². The Labute approximate surface area is 157 Å². The van der Waals surface area contributed by atoms with Gasteiger partial charge < -0.3 is 10.1 Å². The molecule has 2 heterocycles. The number of hydrogen-bond donors (Lipinski definition) is 1. The predicted molar refractivity (Wildman–Crippen MR) is 101 cm³/mol. The average Bonchev–Trinajstić information content (AvgIpc) is 3.24. The number of ether oxygens (including phenoxy) is 1. The third-order valence-corrected chi connectivity index (χ3v) is 5.58. The maximum atomic E-state index is 12.2. The lowest BCUT2D eigenvalue weighted by Gasteiger charge is -2.18. The number of rotatable bonds is 5. The molecule has 1 N–H and O–H groups in total. The van der Waals surface area contributed by atoms with Crippen molar-refractivity contribution in [3.05, 3.63) is 39.3 Å². The molecule has 0 aromatic carbocycles. The van der Waals surface area contributed by atoms with Gasteiger partial charge in [0.1, 0.15) is 6.61 Å².